The smallest absolute Gasteiger partial charge is 0.246 e. The zero-order valence-corrected chi connectivity index (χ0v) is 8.67. The lowest BCUT2D eigenvalue weighted by Gasteiger charge is -2.04. The van der Waals surface area contributed by atoms with E-state index in [1.807, 2.05) is 6.92 Å². The SMILES string of the molecule is CCOCCOCC(=O)NCC(C)=O. The summed E-state index contributed by atoms with van der Waals surface area (Å²) in [5.74, 6) is -0.357. The van der Waals surface area contributed by atoms with Gasteiger partial charge in [0, 0.05) is 6.61 Å². The number of hydrogen-bond donors (Lipinski definition) is 1. The van der Waals surface area contributed by atoms with Gasteiger partial charge in [-0.3, -0.25) is 9.59 Å². The van der Waals surface area contributed by atoms with Crippen molar-refractivity contribution in [2.75, 3.05) is 33.0 Å². The van der Waals surface area contributed by atoms with Gasteiger partial charge in [0.2, 0.25) is 5.91 Å². The Morgan fingerprint density at radius 3 is 2.43 bits per heavy atom. The molecule has 0 aliphatic rings. The number of carbonyl (C=O) groups is 2. The molecule has 0 bridgehead atoms. The number of carbonyl (C=O) groups excluding carboxylic acids is 2. The minimum atomic E-state index is -0.281. The van der Waals surface area contributed by atoms with Gasteiger partial charge in [-0.05, 0) is 13.8 Å². The minimum Gasteiger partial charge on any atom is -0.379 e. The fraction of sp³-hybridized carbons (Fsp3) is 0.778. The molecule has 0 aromatic rings. The molecule has 0 fully saturated rings. The molecular formula is C9H17NO4. The Bertz CT molecular complexity index is 182. The lowest BCUT2D eigenvalue weighted by Crippen LogP contribution is -2.31. The topological polar surface area (TPSA) is 64.6 Å². The van der Waals surface area contributed by atoms with Crippen LogP contribution >= 0.6 is 0 Å². The number of rotatable bonds is 8. The van der Waals surface area contributed by atoms with Crippen LogP contribution in [0.5, 0.6) is 0 Å². The molecule has 82 valence electrons. The van der Waals surface area contributed by atoms with Crippen molar-refractivity contribution in [3.63, 3.8) is 0 Å². The summed E-state index contributed by atoms with van der Waals surface area (Å²) in [4.78, 5) is 21.4. The van der Waals surface area contributed by atoms with Gasteiger partial charge in [0.1, 0.15) is 12.4 Å². The molecule has 0 atom stereocenters. The van der Waals surface area contributed by atoms with Crippen molar-refractivity contribution in [3.8, 4) is 0 Å². The van der Waals surface area contributed by atoms with Crippen molar-refractivity contribution in [1.29, 1.82) is 0 Å². The van der Waals surface area contributed by atoms with E-state index in [0.717, 1.165) is 0 Å². The third-order valence-electron chi connectivity index (χ3n) is 1.34. The number of Topliss-reactive ketones (excluding diaryl/α,β-unsaturated/α-hetero) is 1. The molecule has 14 heavy (non-hydrogen) atoms. The lowest BCUT2D eigenvalue weighted by atomic mass is 10.4. The standard InChI is InChI=1S/C9H17NO4/c1-3-13-4-5-14-7-9(12)10-6-8(2)11/h3-7H2,1-2H3,(H,10,12). The largest absolute Gasteiger partial charge is 0.379 e. The van der Waals surface area contributed by atoms with Gasteiger partial charge >= 0.3 is 0 Å². The van der Waals surface area contributed by atoms with Crippen molar-refractivity contribution in [2.45, 2.75) is 13.8 Å². The van der Waals surface area contributed by atoms with E-state index in [-0.39, 0.29) is 24.8 Å². The molecule has 1 amide bonds. The highest BCUT2D eigenvalue weighted by Crippen LogP contribution is 1.78. The molecule has 0 unspecified atom stereocenters. The first kappa shape index (κ1) is 13.1. The van der Waals surface area contributed by atoms with Crippen LogP contribution in [0.2, 0.25) is 0 Å². The van der Waals surface area contributed by atoms with Crippen LogP contribution in [0.4, 0.5) is 0 Å². The predicted molar refractivity (Wildman–Crippen MR) is 51.0 cm³/mol. The summed E-state index contributed by atoms with van der Waals surface area (Å²) in [6.45, 7) is 4.85. The molecule has 0 rings (SSSR count). The second-order valence-corrected chi connectivity index (χ2v) is 2.73. The van der Waals surface area contributed by atoms with E-state index in [9.17, 15) is 9.59 Å². The Morgan fingerprint density at radius 2 is 1.86 bits per heavy atom. The van der Waals surface area contributed by atoms with E-state index in [0.29, 0.717) is 19.8 Å². The molecule has 0 saturated heterocycles. The number of amides is 1. The van der Waals surface area contributed by atoms with E-state index in [1.54, 1.807) is 0 Å². The van der Waals surface area contributed by atoms with E-state index in [4.69, 9.17) is 9.47 Å². The average Bonchev–Trinajstić information content (AvgIpc) is 2.14. The highest BCUT2D eigenvalue weighted by Gasteiger charge is 2.01. The zero-order chi connectivity index (χ0) is 10.8. The maximum atomic E-state index is 11.0. The number of ether oxygens (including phenoxy) is 2. The van der Waals surface area contributed by atoms with Crippen LogP contribution in [-0.4, -0.2) is 44.7 Å². The molecule has 0 spiro atoms. The average molecular weight is 203 g/mol. The third kappa shape index (κ3) is 9.15. The highest BCUT2D eigenvalue weighted by molar-refractivity contribution is 5.84. The normalized spacial score (nSPS) is 9.86. The first-order chi connectivity index (χ1) is 6.66. The van der Waals surface area contributed by atoms with Crippen molar-refractivity contribution in [2.24, 2.45) is 0 Å². The second-order valence-electron chi connectivity index (χ2n) is 2.73. The molecule has 0 aromatic carbocycles. The zero-order valence-electron chi connectivity index (χ0n) is 8.67. The van der Waals surface area contributed by atoms with Gasteiger partial charge in [0.25, 0.3) is 0 Å². The van der Waals surface area contributed by atoms with Crippen LogP contribution in [0, 0.1) is 0 Å². The van der Waals surface area contributed by atoms with Crippen LogP contribution in [0.1, 0.15) is 13.8 Å². The van der Waals surface area contributed by atoms with Gasteiger partial charge in [0.15, 0.2) is 0 Å². The minimum absolute atomic E-state index is 0.0274. The van der Waals surface area contributed by atoms with E-state index < -0.39 is 0 Å². The molecule has 0 radical (unpaired) electrons. The first-order valence-corrected chi connectivity index (χ1v) is 4.58. The van der Waals surface area contributed by atoms with E-state index in [1.165, 1.54) is 6.92 Å². The van der Waals surface area contributed by atoms with E-state index >= 15 is 0 Å². The van der Waals surface area contributed by atoms with Gasteiger partial charge in [0.05, 0.1) is 19.8 Å². The van der Waals surface area contributed by atoms with Gasteiger partial charge in [-0.1, -0.05) is 0 Å². The molecule has 0 aliphatic carbocycles. The Morgan fingerprint density at radius 1 is 1.21 bits per heavy atom. The molecule has 5 heteroatoms. The van der Waals surface area contributed by atoms with Crippen LogP contribution in [0.25, 0.3) is 0 Å². The van der Waals surface area contributed by atoms with Crippen LogP contribution in [0.3, 0.4) is 0 Å². The highest BCUT2D eigenvalue weighted by atomic mass is 16.5. The second kappa shape index (κ2) is 8.65. The Labute approximate surface area is 83.8 Å². The molecule has 0 saturated carbocycles. The Balaban J connectivity index is 3.22. The molecule has 1 N–H and O–H groups in total. The number of ketones is 1. The molecule has 0 heterocycles. The summed E-state index contributed by atoms with van der Waals surface area (Å²) in [5.41, 5.74) is 0. The van der Waals surface area contributed by atoms with Gasteiger partial charge in [-0.2, -0.15) is 0 Å². The van der Waals surface area contributed by atoms with Crippen LogP contribution in [0.15, 0.2) is 0 Å². The predicted octanol–water partition coefficient (Wildman–Crippen LogP) is -0.255. The molecular weight excluding hydrogens is 186 g/mol. The molecule has 0 aromatic heterocycles. The fourth-order valence-corrected chi connectivity index (χ4v) is 0.701. The Kier molecular flexibility index (Phi) is 8.07. The summed E-state index contributed by atoms with van der Waals surface area (Å²) in [6, 6.07) is 0. The van der Waals surface area contributed by atoms with Gasteiger partial charge < -0.3 is 14.8 Å². The maximum Gasteiger partial charge on any atom is 0.246 e. The van der Waals surface area contributed by atoms with Gasteiger partial charge in [-0.25, -0.2) is 0 Å². The molecule has 0 aliphatic heterocycles. The maximum absolute atomic E-state index is 11.0. The number of hydrogen-bond acceptors (Lipinski definition) is 4. The van der Waals surface area contributed by atoms with Crippen LogP contribution < -0.4 is 5.32 Å². The van der Waals surface area contributed by atoms with Gasteiger partial charge in [-0.15, -0.1) is 0 Å². The van der Waals surface area contributed by atoms with Crippen molar-refractivity contribution in [3.05, 3.63) is 0 Å². The monoisotopic (exact) mass is 203 g/mol. The van der Waals surface area contributed by atoms with Crippen molar-refractivity contribution in [1.82, 2.24) is 5.32 Å². The number of nitrogens with one attached hydrogen (secondary N) is 1. The van der Waals surface area contributed by atoms with Crippen molar-refractivity contribution >= 4 is 11.7 Å². The molecule has 5 nitrogen and oxygen atoms in total. The Hall–Kier alpha value is -0.940. The first-order valence-electron chi connectivity index (χ1n) is 4.58. The third-order valence-corrected chi connectivity index (χ3v) is 1.34. The summed E-state index contributed by atoms with van der Waals surface area (Å²) in [5, 5.41) is 2.42. The summed E-state index contributed by atoms with van der Waals surface area (Å²) in [6.07, 6.45) is 0. The fourth-order valence-electron chi connectivity index (χ4n) is 0.701. The van der Waals surface area contributed by atoms with E-state index in [2.05, 4.69) is 5.32 Å². The summed E-state index contributed by atoms with van der Waals surface area (Å²) >= 11 is 0. The van der Waals surface area contributed by atoms with Crippen molar-refractivity contribution < 1.29 is 19.1 Å². The summed E-state index contributed by atoms with van der Waals surface area (Å²) < 4.78 is 9.98. The summed E-state index contributed by atoms with van der Waals surface area (Å²) in [7, 11) is 0. The van der Waals surface area contributed by atoms with Crippen LogP contribution in [-0.2, 0) is 19.1 Å². The quantitative estimate of drug-likeness (QED) is 0.552. The lowest BCUT2D eigenvalue weighted by molar-refractivity contribution is -0.128.